The number of Topliss-reactive ketones (excluding diaryl/α,β-unsaturated/α-hetero) is 1. The number of nitrogens with zero attached hydrogens (tertiary/aromatic N) is 3. The molecule has 2 aromatic rings. The Morgan fingerprint density at radius 1 is 1.31 bits per heavy atom. The highest BCUT2D eigenvalue weighted by atomic mass is 19.2. The highest BCUT2D eigenvalue weighted by Gasteiger charge is 2.12. The van der Waals surface area contributed by atoms with Crippen molar-refractivity contribution in [1.29, 1.82) is 0 Å². The zero-order chi connectivity index (χ0) is 11.7. The lowest BCUT2D eigenvalue weighted by atomic mass is 10.2. The van der Waals surface area contributed by atoms with Gasteiger partial charge in [-0.25, -0.2) is 13.5 Å². The Bertz CT molecular complexity index is 551. The quantitative estimate of drug-likeness (QED) is 0.728. The Hall–Kier alpha value is -2.11. The number of benzene rings is 1. The van der Waals surface area contributed by atoms with Gasteiger partial charge in [-0.2, -0.15) is 0 Å². The third-order valence-electron chi connectivity index (χ3n) is 2.06. The minimum Gasteiger partial charge on any atom is -0.293 e. The monoisotopic (exact) mass is 223 g/mol. The number of ketones is 1. The van der Waals surface area contributed by atoms with E-state index >= 15 is 0 Å². The fourth-order valence-corrected chi connectivity index (χ4v) is 1.28. The van der Waals surface area contributed by atoms with Gasteiger partial charge in [-0.3, -0.25) is 4.79 Å². The van der Waals surface area contributed by atoms with Crippen LogP contribution in [0.4, 0.5) is 8.78 Å². The van der Waals surface area contributed by atoms with E-state index in [4.69, 9.17) is 0 Å². The number of hydrogen-bond acceptors (Lipinski definition) is 3. The highest BCUT2D eigenvalue weighted by Crippen LogP contribution is 2.13. The van der Waals surface area contributed by atoms with Crippen LogP contribution in [0.2, 0.25) is 0 Å². The third-order valence-corrected chi connectivity index (χ3v) is 2.06. The lowest BCUT2D eigenvalue weighted by Crippen LogP contribution is -2.06. The van der Waals surface area contributed by atoms with Crippen LogP contribution < -0.4 is 0 Å². The average molecular weight is 223 g/mol. The van der Waals surface area contributed by atoms with Crippen LogP contribution in [0.25, 0.3) is 5.69 Å². The van der Waals surface area contributed by atoms with Crippen molar-refractivity contribution in [2.75, 3.05) is 0 Å². The van der Waals surface area contributed by atoms with E-state index in [2.05, 4.69) is 10.3 Å². The molecule has 0 radical (unpaired) electrons. The van der Waals surface area contributed by atoms with E-state index in [1.54, 1.807) is 0 Å². The predicted octanol–water partition coefficient (Wildman–Crippen LogP) is 1.75. The summed E-state index contributed by atoms with van der Waals surface area (Å²) in [5, 5.41) is 7.18. The summed E-state index contributed by atoms with van der Waals surface area (Å²) in [5.41, 5.74) is 0.465. The van der Waals surface area contributed by atoms with Crippen molar-refractivity contribution >= 4 is 5.78 Å². The van der Waals surface area contributed by atoms with Crippen molar-refractivity contribution < 1.29 is 13.6 Å². The summed E-state index contributed by atoms with van der Waals surface area (Å²) in [6.07, 6.45) is 1.27. The smallest absolute Gasteiger partial charge is 0.179 e. The van der Waals surface area contributed by atoms with Crippen molar-refractivity contribution in [2.24, 2.45) is 0 Å². The Morgan fingerprint density at radius 2 is 2.06 bits per heavy atom. The summed E-state index contributed by atoms with van der Waals surface area (Å²) < 4.78 is 26.9. The molecule has 0 amide bonds. The number of carbonyl (C=O) groups is 1. The molecule has 0 N–H and O–H groups in total. The SMILES string of the molecule is CC(=O)c1cnnn1-c1ccc(F)c(F)c1. The van der Waals surface area contributed by atoms with Gasteiger partial charge in [0, 0.05) is 13.0 Å². The molecule has 4 nitrogen and oxygen atoms in total. The Morgan fingerprint density at radius 3 is 2.69 bits per heavy atom. The molecule has 1 aromatic carbocycles. The summed E-state index contributed by atoms with van der Waals surface area (Å²) >= 11 is 0. The maximum Gasteiger partial charge on any atom is 0.179 e. The van der Waals surface area contributed by atoms with Gasteiger partial charge in [0.2, 0.25) is 0 Å². The van der Waals surface area contributed by atoms with E-state index in [0.29, 0.717) is 0 Å². The van der Waals surface area contributed by atoms with Crippen LogP contribution in [-0.4, -0.2) is 20.8 Å². The summed E-state index contributed by atoms with van der Waals surface area (Å²) in [4.78, 5) is 11.2. The molecule has 16 heavy (non-hydrogen) atoms. The molecule has 0 saturated carbocycles. The van der Waals surface area contributed by atoms with Gasteiger partial charge in [0.05, 0.1) is 11.9 Å². The minimum absolute atomic E-state index is 0.214. The van der Waals surface area contributed by atoms with Gasteiger partial charge < -0.3 is 0 Å². The van der Waals surface area contributed by atoms with E-state index in [1.165, 1.54) is 19.2 Å². The molecule has 0 aliphatic heterocycles. The Kier molecular flexibility index (Phi) is 2.47. The number of aromatic nitrogens is 3. The maximum absolute atomic E-state index is 13.0. The van der Waals surface area contributed by atoms with Crippen molar-refractivity contribution in [3.05, 3.63) is 41.7 Å². The summed E-state index contributed by atoms with van der Waals surface area (Å²) in [6, 6.07) is 3.24. The molecule has 6 heteroatoms. The fraction of sp³-hybridized carbons (Fsp3) is 0.100. The fourth-order valence-electron chi connectivity index (χ4n) is 1.28. The zero-order valence-electron chi connectivity index (χ0n) is 8.32. The summed E-state index contributed by atoms with van der Waals surface area (Å²) in [5.74, 6) is -2.20. The second-order valence-electron chi connectivity index (χ2n) is 3.19. The van der Waals surface area contributed by atoms with E-state index in [-0.39, 0.29) is 17.2 Å². The molecule has 0 saturated heterocycles. The first-order chi connectivity index (χ1) is 7.59. The lowest BCUT2D eigenvalue weighted by molar-refractivity contribution is 0.101. The number of halogens is 2. The number of carbonyl (C=O) groups excluding carboxylic acids is 1. The first kappa shape index (κ1) is 10.4. The van der Waals surface area contributed by atoms with Crippen LogP contribution in [0, 0.1) is 11.6 Å². The Balaban J connectivity index is 2.54. The van der Waals surface area contributed by atoms with Crippen LogP contribution in [0.15, 0.2) is 24.4 Å². The largest absolute Gasteiger partial charge is 0.293 e. The van der Waals surface area contributed by atoms with Crippen molar-refractivity contribution in [2.45, 2.75) is 6.92 Å². The van der Waals surface area contributed by atoms with Crippen LogP contribution in [0.3, 0.4) is 0 Å². The summed E-state index contributed by atoms with van der Waals surface area (Å²) in [7, 11) is 0. The van der Waals surface area contributed by atoms with Gasteiger partial charge in [0.1, 0.15) is 5.69 Å². The van der Waals surface area contributed by atoms with Crippen LogP contribution in [0.5, 0.6) is 0 Å². The zero-order valence-corrected chi connectivity index (χ0v) is 8.32. The van der Waals surface area contributed by atoms with Crippen molar-refractivity contribution in [3.8, 4) is 5.69 Å². The molecule has 1 aromatic heterocycles. The molecule has 2 rings (SSSR count). The number of hydrogen-bond donors (Lipinski definition) is 0. The molecule has 0 aliphatic carbocycles. The Labute approximate surface area is 89.5 Å². The van der Waals surface area contributed by atoms with Crippen molar-refractivity contribution in [1.82, 2.24) is 15.0 Å². The molecule has 0 aliphatic rings. The maximum atomic E-state index is 13.0. The van der Waals surface area contributed by atoms with Crippen molar-refractivity contribution in [3.63, 3.8) is 0 Å². The normalized spacial score (nSPS) is 10.4. The minimum atomic E-state index is -0.998. The van der Waals surface area contributed by atoms with Crippen LogP contribution in [0.1, 0.15) is 17.4 Å². The molecule has 1 heterocycles. The van der Waals surface area contributed by atoms with Crippen LogP contribution >= 0.6 is 0 Å². The van der Waals surface area contributed by atoms with E-state index < -0.39 is 11.6 Å². The summed E-state index contributed by atoms with van der Waals surface area (Å²) in [6.45, 7) is 1.34. The molecule has 0 atom stereocenters. The van der Waals surface area contributed by atoms with Gasteiger partial charge >= 0.3 is 0 Å². The topological polar surface area (TPSA) is 47.8 Å². The molecular formula is C10H7F2N3O. The average Bonchev–Trinajstić information content (AvgIpc) is 2.71. The molecule has 0 unspecified atom stereocenters. The standard InChI is InChI=1S/C10H7F2N3O/c1-6(16)10-5-13-14-15(10)7-2-3-8(11)9(12)4-7/h2-5H,1H3. The van der Waals surface area contributed by atoms with Gasteiger partial charge in [-0.15, -0.1) is 5.10 Å². The van der Waals surface area contributed by atoms with Gasteiger partial charge in [-0.1, -0.05) is 5.21 Å². The highest BCUT2D eigenvalue weighted by molar-refractivity contribution is 5.92. The van der Waals surface area contributed by atoms with Gasteiger partial charge in [-0.05, 0) is 12.1 Å². The van der Waals surface area contributed by atoms with Crippen LogP contribution in [-0.2, 0) is 0 Å². The molecule has 82 valence electrons. The molecular weight excluding hydrogens is 216 g/mol. The molecule has 0 fully saturated rings. The molecule has 0 spiro atoms. The third kappa shape index (κ3) is 1.69. The lowest BCUT2D eigenvalue weighted by Gasteiger charge is -2.03. The molecule has 0 bridgehead atoms. The second kappa shape index (κ2) is 3.80. The van der Waals surface area contributed by atoms with E-state index in [0.717, 1.165) is 16.8 Å². The van der Waals surface area contributed by atoms with Gasteiger partial charge in [0.25, 0.3) is 0 Å². The number of rotatable bonds is 2. The van der Waals surface area contributed by atoms with E-state index in [9.17, 15) is 13.6 Å². The first-order valence-electron chi connectivity index (χ1n) is 4.46. The van der Waals surface area contributed by atoms with Gasteiger partial charge in [0.15, 0.2) is 17.4 Å². The van der Waals surface area contributed by atoms with E-state index in [1.807, 2.05) is 0 Å². The second-order valence-corrected chi connectivity index (χ2v) is 3.19. The first-order valence-corrected chi connectivity index (χ1v) is 4.46. The predicted molar refractivity (Wildman–Crippen MR) is 51.3 cm³/mol.